The molecule has 0 atom stereocenters. The normalized spacial score (nSPS) is 11.1. The number of aromatic nitrogens is 4. The second-order valence-corrected chi connectivity index (χ2v) is 9.26. The van der Waals surface area contributed by atoms with Gasteiger partial charge >= 0.3 is 5.97 Å². The summed E-state index contributed by atoms with van der Waals surface area (Å²) >= 11 is 0. The van der Waals surface area contributed by atoms with E-state index >= 15 is 4.39 Å². The van der Waals surface area contributed by atoms with E-state index in [1.165, 1.54) is 13.2 Å². The molecule has 2 heterocycles. The largest absolute Gasteiger partial charge is 0.468 e. The van der Waals surface area contributed by atoms with Gasteiger partial charge in [-0.15, -0.1) is 0 Å². The number of carbonyl (C=O) groups is 3. The van der Waals surface area contributed by atoms with Gasteiger partial charge in [0, 0.05) is 29.8 Å². The zero-order valence-electron chi connectivity index (χ0n) is 22.0. The standard InChI is InChI=1S/C29H27FN6O4/c1-35-25-13-21(22(30)12-19(25)14-33-35)20-9-6-10-24-29(20)23(11-18-7-4-3-5-8-18)34-36(24)17-27(38)31-15-26(37)32-16-28(39)40-2/h3-10,12-14H,11,15-17H2,1-2H3,(H,31,38)(H,32,37). The van der Waals surface area contributed by atoms with Crippen molar-refractivity contribution in [3.63, 3.8) is 0 Å². The minimum Gasteiger partial charge on any atom is -0.468 e. The summed E-state index contributed by atoms with van der Waals surface area (Å²) in [7, 11) is 3.02. The van der Waals surface area contributed by atoms with Crippen LogP contribution in [0.2, 0.25) is 0 Å². The fourth-order valence-electron chi connectivity index (χ4n) is 4.62. The van der Waals surface area contributed by atoms with Crippen LogP contribution in [0.4, 0.5) is 4.39 Å². The number of nitrogens with one attached hydrogen (secondary N) is 2. The van der Waals surface area contributed by atoms with Crippen LogP contribution >= 0.6 is 0 Å². The van der Waals surface area contributed by atoms with E-state index in [0.717, 1.165) is 16.5 Å². The average molecular weight is 543 g/mol. The maximum Gasteiger partial charge on any atom is 0.325 e. The van der Waals surface area contributed by atoms with Gasteiger partial charge in [-0.3, -0.25) is 23.7 Å². The second-order valence-electron chi connectivity index (χ2n) is 9.26. The van der Waals surface area contributed by atoms with Crippen molar-refractivity contribution < 1.29 is 23.5 Å². The molecule has 0 aliphatic rings. The van der Waals surface area contributed by atoms with Gasteiger partial charge in [-0.2, -0.15) is 10.2 Å². The maximum atomic E-state index is 15.4. The lowest BCUT2D eigenvalue weighted by Crippen LogP contribution is -2.40. The number of carbonyl (C=O) groups excluding carboxylic acids is 3. The van der Waals surface area contributed by atoms with E-state index in [9.17, 15) is 14.4 Å². The van der Waals surface area contributed by atoms with Crippen molar-refractivity contribution in [1.82, 2.24) is 30.2 Å². The predicted octanol–water partition coefficient (Wildman–Crippen LogP) is 2.73. The molecule has 0 unspecified atom stereocenters. The fourth-order valence-corrected chi connectivity index (χ4v) is 4.62. The summed E-state index contributed by atoms with van der Waals surface area (Å²) in [5.41, 5.74) is 4.19. The molecule has 204 valence electrons. The van der Waals surface area contributed by atoms with Crippen molar-refractivity contribution in [2.45, 2.75) is 13.0 Å². The van der Waals surface area contributed by atoms with Crippen molar-refractivity contribution in [1.29, 1.82) is 0 Å². The highest BCUT2D eigenvalue weighted by atomic mass is 19.1. The number of ether oxygens (including phenoxy) is 1. The highest BCUT2D eigenvalue weighted by Gasteiger charge is 2.20. The third kappa shape index (κ3) is 5.53. The number of hydrogen-bond acceptors (Lipinski definition) is 6. The molecule has 0 fully saturated rings. The van der Waals surface area contributed by atoms with Crippen molar-refractivity contribution in [3.05, 3.63) is 83.9 Å². The number of rotatable bonds is 9. The Balaban J connectivity index is 1.49. The Morgan fingerprint density at radius 2 is 1.70 bits per heavy atom. The van der Waals surface area contributed by atoms with Crippen molar-refractivity contribution >= 4 is 39.6 Å². The van der Waals surface area contributed by atoms with E-state index in [4.69, 9.17) is 5.10 Å². The molecule has 2 aromatic heterocycles. The minimum absolute atomic E-state index is 0.164. The smallest absolute Gasteiger partial charge is 0.325 e. The van der Waals surface area contributed by atoms with Crippen LogP contribution in [0.5, 0.6) is 0 Å². The average Bonchev–Trinajstić information content (AvgIpc) is 3.49. The van der Waals surface area contributed by atoms with Crippen molar-refractivity contribution in [3.8, 4) is 11.1 Å². The van der Waals surface area contributed by atoms with Gasteiger partial charge in [0.05, 0.1) is 36.6 Å². The highest BCUT2D eigenvalue weighted by molar-refractivity contribution is 5.99. The summed E-state index contributed by atoms with van der Waals surface area (Å²) in [6.45, 7) is -0.767. The van der Waals surface area contributed by atoms with Gasteiger partial charge in [-0.05, 0) is 29.3 Å². The molecule has 10 nitrogen and oxygen atoms in total. The van der Waals surface area contributed by atoms with Crippen LogP contribution < -0.4 is 10.6 Å². The van der Waals surface area contributed by atoms with Crippen molar-refractivity contribution in [2.24, 2.45) is 7.05 Å². The van der Waals surface area contributed by atoms with Crippen molar-refractivity contribution in [2.75, 3.05) is 20.2 Å². The summed E-state index contributed by atoms with van der Waals surface area (Å²) in [5, 5.41) is 15.3. The van der Waals surface area contributed by atoms with Crippen LogP contribution in [0.3, 0.4) is 0 Å². The lowest BCUT2D eigenvalue weighted by molar-refractivity contribution is -0.141. The number of fused-ring (bicyclic) bond motifs is 2. The Morgan fingerprint density at radius 3 is 2.48 bits per heavy atom. The van der Waals surface area contributed by atoms with Gasteiger partial charge in [0.1, 0.15) is 18.9 Å². The molecule has 0 aliphatic heterocycles. The Morgan fingerprint density at radius 1 is 0.925 bits per heavy atom. The first-order valence-electron chi connectivity index (χ1n) is 12.6. The molecule has 0 saturated heterocycles. The Bertz CT molecular complexity index is 1730. The number of amides is 2. The van der Waals surface area contributed by atoms with Gasteiger partial charge in [0.2, 0.25) is 11.8 Å². The molecule has 40 heavy (non-hydrogen) atoms. The maximum absolute atomic E-state index is 15.4. The van der Waals surface area contributed by atoms with Crippen LogP contribution in [0.25, 0.3) is 32.9 Å². The number of hydrogen-bond donors (Lipinski definition) is 2. The lowest BCUT2D eigenvalue weighted by Gasteiger charge is -2.09. The lowest BCUT2D eigenvalue weighted by atomic mass is 9.96. The van der Waals surface area contributed by atoms with Crippen LogP contribution in [-0.2, 0) is 39.1 Å². The van der Waals surface area contributed by atoms with Gasteiger partial charge in [0.15, 0.2) is 0 Å². The summed E-state index contributed by atoms with van der Waals surface area (Å²) in [6, 6.07) is 18.5. The zero-order chi connectivity index (χ0) is 28.2. The first-order valence-corrected chi connectivity index (χ1v) is 12.6. The topological polar surface area (TPSA) is 120 Å². The molecule has 0 bridgehead atoms. The first-order chi connectivity index (χ1) is 19.3. The molecular formula is C29H27FN6O4. The summed E-state index contributed by atoms with van der Waals surface area (Å²) < 4.78 is 23.2. The fraction of sp³-hybridized carbons (Fsp3) is 0.207. The van der Waals surface area contributed by atoms with E-state index < -0.39 is 17.8 Å². The Kier molecular flexibility index (Phi) is 7.54. The van der Waals surface area contributed by atoms with Crippen LogP contribution in [0, 0.1) is 5.82 Å². The van der Waals surface area contributed by atoms with E-state index in [1.54, 1.807) is 34.7 Å². The SMILES string of the molecule is COC(=O)CNC(=O)CNC(=O)Cn1nc(Cc2ccccc2)c2c(-c3cc4c(cnn4C)cc3F)cccc21. The van der Waals surface area contributed by atoms with Gasteiger partial charge < -0.3 is 15.4 Å². The van der Waals surface area contributed by atoms with Gasteiger partial charge in [-0.1, -0.05) is 42.5 Å². The third-order valence-electron chi connectivity index (χ3n) is 6.59. The zero-order valence-corrected chi connectivity index (χ0v) is 22.0. The molecule has 0 spiro atoms. The number of halogens is 1. The molecule has 0 saturated carbocycles. The van der Waals surface area contributed by atoms with Crippen LogP contribution in [0.15, 0.2) is 66.9 Å². The predicted molar refractivity (Wildman–Crippen MR) is 147 cm³/mol. The van der Waals surface area contributed by atoms with E-state index in [1.807, 2.05) is 42.5 Å². The minimum atomic E-state index is -0.594. The molecule has 0 radical (unpaired) electrons. The Hall–Kier alpha value is -5.06. The quantitative estimate of drug-likeness (QED) is 0.277. The first kappa shape index (κ1) is 26.5. The number of benzene rings is 3. The molecule has 11 heteroatoms. The molecule has 5 aromatic rings. The van der Waals surface area contributed by atoms with Gasteiger partial charge in [0.25, 0.3) is 0 Å². The molecule has 3 aromatic carbocycles. The Labute approximate surface area is 228 Å². The monoisotopic (exact) mass is 542 g/mol. The summed E-state index contributed by atoms with van der Waals surface area (Å²) in [4.78, 5) is 36.0. The second kappa shape index (κ2) is 11.4. The number of esters is 1. The molecule has 0 aliphatic carbocycles. The van der Waals surface area contributed by atoms with E-state index in [2.05, 4.69) is 20.5 Å². The summed E-state index contributed by atoms with van der Waals surface area (Å²) in [5.74, 6) is -1.96. The summed E-state index contributed by atoms with van der Waals surface area (Å²) in [6.07, 6.45) is 2.09. The highest BCUT2D eigenvalue weighted by Crippen LogP contribution is 2.35. The van der Waals surface area contributed by atoms with Gasteiger partial charge in [-0.25, -0.2) is 4.39 Å². The molecule has 2 amide bonds. The number of aryl methyl sites for hydroxylation is 1. The molecular weight excluding hydrogens is 515 g/mol. The van der Waals surface area contributed by atoms with Crippen LogP contribution in [0.1, 0.15) is 11.3 Å². The number of methoxy groups -OCH3 is 1. The van der Waals surface area contributed by atoms with E-state index in [-0.39, 0.29) is 25.5 Å². The van der Waals surface area contributed by atoms with Crippen LogP contribution in [-0.4, -0.2) is 57.5 Å². The molecule has 2 N–H and O–H groups in total. The van der Waals surface area contributed by atoms with E-state index in [0.29, 0.717) is 34.1 Å². The molecule has 5 rings (SSSR count). The third-order valence-corrected chi connectivity index (χ3v) is 6.59. The number of nitrogens with zero attached hydrogens (tertiary/aromatic N) is 4.